The average Bonchev–Trinajstić information content (AvgIpc) is 3.35. The van der Waals surface area contributed by atoms with Crippen LogP contribution in [-0.2, 0) is 9.53 Å². The molecule has 0 aromatic heterocycles. The molecular formula is C35H66N4O3. The van der Waals surface area contributed by atoms with E-state index >= 15 is 0 Å². The molecule has 244 valence electrons. The lowest BCUT2D eigenvalue weighted by Crippen LogP contribution is -2.59. The molecule has 4 aliphatic carbocycles. The number of aliphatic hydroxyl groups is 1. The van der Waals surface area contributed by atoms with Gasteiger partial charge in [0.1, 0.15) is 0 Å². The van der Waals surface area contributed by atoms with E-state index in [-0.39, 0.29) is 17.5 Å². The fourth-order valence-electron chi connectivity index (χ4n) is 10.5. The van der Waals surface area contributed by atoms with Gasteiger partial charge in [0.05, 0.1) is 13.2 Å². The van der Waals surface area contributed by atoms with E-state index in [0.29, 0.717) is 41.5 Å². The summed E-state index contributed by atoms with van der Waals surface area (Å²) in [5, 5.41) is 22.8. The summed E-state index contributed by atoms with van der Waals surface area (Å²) < 4.78 is 4.92. The van der Waals surface area contributed by atoms with Gasteiger partial charge in [-0.05, 0) is 169 Å². The number of fused-ring (bicyclic) bond motifs is 5. The Hall–Kier alpha value is -0.730. The van der Waals surface area contributed by atoms with Crippen LogP contribution in [0.1, 0.15) is 111 Å². The predicted molar refractivity (Wildman–Crippen MR) is 172 cm³/mol. The van der Waals surface area contributed by atoms with E-state index in [2.05, 4.69) is 36.7 Å². The van der Waals surface area contributed by atoms with Crippen molar-refractivity contribution >= 4 is 5.97 Å². The van der Waals surface area contributed by atoms with Crippen LogP contribution in [-0.4, -0.2) is 69.6 Å². The fourth-order valence-corrected chi connectivity index (χ4v) is 10.5. The highest BCUT2D eigenvalue weighted by atomic mass is 16.5. The van der Waals surface area contributed by atoms with Gasteiger partial charge in [0, 0.05) is 12.5 Å². The second-order valence-electron chi connectivity index (χ2n) is 15.2. The third-order valence-electron chi connectivity index (χ3n) is 13.0. The summed E-state index contributed by atoms with van der Waals surface area (Å²) in [7, 11) is 1.48. The zero-order valence-electron chi connectivity index (χ0n) is 27.6. The first-order valence-corrected chi connectivity index (χ1v) is 17.8. The Kier molecular flexibility index (Phi) is 13.0. The minimum Gasteiger partial charge on any atom is -0.469 e. The van der Waals surface area contributed by atoms with Crippen molar-refractivity contribution in [3.05, 3.63) is 0 Å². The number of nitrogens with one attached hydrogen (secondary N) is 3. The van der Waals surface area contributed by atoms with Gasteiger partial charge in [-0.3, -0.25) is 4.79 Å². The van der Waals surface area contributed by atoms with Crippen LogP contribution in [0.25, 0.3) is 0 Å². The van der Waals surface area contributed by atoms with Crippen molar-refractivity contribution in [3.8, 4) is 0 Å². The number of unbranched alkanes of at least 4 members (excludes halogenated alkanes) is 1. The molecule has 0 saturated heterocycles. The Balaban J connectivity index is 1.20. The van der Waals surface area contributed by atoms with Crippen LogP contribution in [0.15, 0.2) is 0 Å². The van der Waals surface area contributed by atoms with Crippen LogP contribution in [0.4, 0.5) is 0 Å². The molecule has 4 rings (SSSR count). The molecule has 4 aliphatic rings. The molecule has 0 bridgehead atoms. The van der Waals surface area contributed by atoms with E-state index in [1.165, 1.54) is 71.3 Å². The Bertz CT molecular complexity index is 828. The van der Waals surface area contributed by atoms with E-state index < -0.39 is 0 Å². The van der Waals surface area contributed by atoms with Crippen LogP contribution in [0.2, 0.25) is 0 Å². The van der Waals surface area contributed by atoms with Crippen molar-refractivity contribution in [2.24, 2.45) is 52.1 Å². The SMILES string of the molecule is COC(=O)CCC(C)[C@H]1CCC2C3CC[C@H]4C[C@H](NCCCNCCCCNCCCN)CC[C@]4(C)C3C[C@H](O)[C@@]21C. The van der Waals surface area contributed by atoms with Crippen molar-refractivity contribution in [2.75, 3.05) is 46.4 Å². The molecule has 4 unspecified atom stereocenters. The molecular weight excluding hydrogens is 524 g/mol. The van der Waals surface area contributed by atoms with Gasteiger partial charge >= 0.3 is 5.97 Å². The summed E-state index contributed by atoms with van der Waals surface area (Å²) in [6, 6.07) is 0.657. The molecule has 7 heteroatoms. The molecule has 4 saturated carbocycles. The molecule has 0 aliphatic heterocycles. The second-order valence-corrected chi connectivity index (χ2v) is 15.2. The summed E-state index contributed by atoms with van der Waals surface area (Å²) in [5.41, 5.74) is 5.90. The number of ether oxygens (including phenoxy) is 1. The maximum absolute atomic E-state index is 11.8. The van der Waals surface area contributed by atoms with E-state index in [0.717, 1.165) is 70.4 Å². The number of rotatable bonds is 17. The molecule has 0 aromatic carbocycles. The lowest BCUT2D eigenvalue weighted by molar-refractivity contribution is -0.170. The zero-order valence-corrected chi connectivity index (χ0v) is 27.6. The van der Waals surface area contributed by atoms with Gasteiger partial charge in [-0.2, -0.15) is 0 Å². The van der Waals surface area contributed by atoms with Crippen LogP contribution >= 0.6 is 0 Å². The van der Waals surface area contributed by atoms with E-state index in [4.69, 9.17) is 10.5 Å². The Morgan fingerprint density at radius 1 is 0.929 bits per heavy atom. The number of carbonyl (C=O) groups is 1. The lowest BCUT2D eigenvalue weighted by Gasteiger charge is -2.62. The minimum absolute atomic E-state index is 0.00590. The summed E-state index contributed by atoms with van der Waals surface area (Å²) in [4.78, 5) is 11.8. The van der Waals surface area contributed by atoms with Crippen molar-refractivity contribution in [3.63, 3.8) is 0 Å². The molecule has 6 N–H and O–H groups in total. The lowest BCUT2D eigenvalue weighted by atomic mass is 9.43. The Morgan fingerprint density at radius 3 is 2.36 bits per heavy atom. The van der Waals surface area contributed by atoms with Gasteiger partial charge in [-0.15, -0.1) is 0 Å². The molecule has 0 spiro atoms. The molecule has 0 heterocycles. The first-order valence-electron chi connectivity index (χ1n) is 17.8. The summed E-state index contributed by atoms with van der Waals surface area (Å²) in [6.45, 7) is 13.6. The Labute approximate surface area is 257 Å². The van der Waals surface area contributed by atoms with Gasteiger partial charge in [-0.1, -0.05) is 20.8 Å². The summed E-state index contributed by atoms with van der Waals surface area (Å²) in [6.07, 6.45) is 15.9. The minimum atomic E-state index is -0.219. The van der Waals surface area contributed by atoms with Gasteiger partial charge in [0.25, 0.3) is 0 Å². The quantitative estimate of drug-likeness (QED) is 0.122. The van der Waals surface area contributed by atoms with Gasteiger partial charge in [-0.25, -0.2) is 0 Å². The maximum atomic E-state index is 11.8. The number of nitrogens with two attached hydrogens (primary N) is 1. The van der Waals surface area contributed by atoms with Gasteiger partial charge in [0.2, 0.25) is 0 Å². The standard InChI is InChI=1S/C35H66N4O3/c1-25(9-14-33(41)42-4)29-12-13-30-28-11-10-26-23-27(15-16-34(26,2)31(28)24-32(40)35(29,30)3)39-22-8-21-38-19-6-5-18-37-20-7-17-36/h25-32,37-40H,5-24,36H2,1-4H3/t25?,26-,27+,28?,29+,30?,31?,32-,34-,35+/m0/s1. The molecule has 0 radical (unpaired) electrons. The number of hydrogen-bond acceptors (Lipinski definition) is 7. The van der Waals surface area contributed by atoms with E-state index in [1.54, 1.807) is 0 Å². The van der Waals surface area contributed by atoms with Gasteiger partial charge < -0.3 is 31.5 Å². The van der Waals surface area contributed by atoms with Crippen molar-refractivity contribution in [1.82, 2.24) is 16.0 Å². The van der Waals surface area contributed by atoms with Crippen LogP contribution < -0.4 is 21.7 Å². The van der Waals surface area contributed by atoms with Crippen molar-refractivity contribution in [1.29, 1.82) is 0 Å². The normalized spacial score (nSPS) is 38.4. The Morgan fingerprint density at radius 2 is 1.64 bits per heavy atom. The highest BCUT2D eigenvalue weighted by Gasteiger charge is 2.63. The topological polar surface area (TPSA) is 109 Å². The largest absolute Gasteiger partial charge is 0.469 e. The molecule has 0 amide bonds. The number of aliphatic hydroxyl groups excluding tert-OH is 1. The molecule has 10 atom stereocenters. The predicted octanol–water partition coefficient (Wildman–Crippen LogP) is 4.86. The zero-order chi connectivity index (χ0) is 30.2. The summed E-state index contributed by atoms with van der Waals surface area (Å²) >= 11 is 0. The van der Waals surface area contributed by atoms with Crippen LogP contribution in [0.5, 0.6) is 0 Å². The monoisotopic (exact) mass is 591 g/mol. The van der Waals surface area contributed by atoms with Crippen LogP contribution in [0.3, 0.4) is 0 Å². The average molecular weight is 591 g/mol. The van der Waals surface area contributed by atoms with E-state index in [1.807, 2.05) is 0 Å². The molecule has 0 aromatic rings. The third-order valence-corrected chi connectivity index (χ3v) is 13.0. The van der Waals surface area contributed by atoms with Crippen molar-refractivity contribution < 1.29 is 14.6 Å². The summed E-state index contributed by atoms with van der Waals surface area (Å²) in [5.74, 6) is 3.69. The number of methoxy groups -OCH3 is 1. The number of carbonyl (C=O) groups excluding carboxylic acids is 1. The number of hydrogen-bond donors (Lipinski definition) is 5. The first-order chi connectivity index (χ1) is 20.3. The highest BCUT2D eigenvalue weighted by Crippen LogP contribution is 2.68. The fraction of sp³-hybridized carbons (Fsp3) is 0.971. The maximum Gasteiger partial charge on any atom is 0.305 e. The van der Waals surface area contributed by atoms with Crippen molar-refractivity contribution in [2.45, 2.75) is 123 Å². The number of esters is 1. The van der Waals surface area contributed by atoms with E-state index in [9.17, 15) is 9.90 Å². The molecule has 7 nitrogen and oxygen atoms in total. The molecule has 4 fully saturated rings. The first kappa shape index (κ1) is 34.1. The second kappa shape index (κ2) is 16.0. The third kappa shape index (κ3) is 7.73. The van der Waals surface area contributed by atoms with Gasteiger partial charge in [0.15, 0.2) is 0 Å². The highest BCUT2D eigenvalue weighted by molar-refractivity contribution is 5.69. The van der Waals surface area contributed by atoms with Crippen LogP contribution in [0, 0.1) is 46.3 Å². The smallest absolute Gasteiger partial charge is 0.305 e. The molecule has 42 heavy (non-hydrogen) atoms.